The minimum atomic E-state index is -2.78. The molecule has 178 valence electrons. The van der Waals surface area contributed by atoms with Gasteiger partial charge < -0.3 is 15.0 Å². The van der Waals surface area contributed by atoms with Crippen LogP contribution >= 0.6 is 0 Å². The number of hydrogen-bond donors (Lipinski definition) is 1. The molecule has 0 spiro atoms. The first kappa shape index (κ1) is 23.0. The summed E-state index contributed by atoms with van der Waals surface area (Å²) in [6.45, 7) is 1.66. The molecule has 1 saturated heterocycles. The smallest absolute Gasteiger partial charge is 0.294 e. The number of hydrogen-bond acceptors (Lipinski definition) is 9. The van der Waals surface area contributed by atoms with E-state index in [0.717, 1.165) is 0 Å². The Kier molecular flexibility index (Phi) is 6.09. The maximum Gasteiger partial charge on any atom is 0.294 e. The Morgan fingerprint density at radius 1 is 1.29 bits per heavy atom. The van der Waals surface area contributed by atoms with E-state index in [0.29, 0.717) is 23.4 Å². The summed E-state index contributed by atoms with van der Waals surface area (Å²) in [6.07, 6.45) is 2.91. The Morgan fingerprint density at radius 3 is 2.65 bits per heavy atom. The van der Waals surface area contributed by atoms with Crippen LogP contribution in [0.4, 0.5) is 31.8 Å². The fourth-order valence-electron chi connectivity index (χ4n) is 3.66. The van der Waals surface area contributed by atoms with Crippen LogP contribution in [0.2, 0.25) is 0 Å². The highest BCUT2D eigenvalue weighted by molar-refractivity contribution is 5.77. The zero-order valence-electron chi connectivity index (χ0n) is 18.4. The van der Waals surface area contributed by atoms with Gasteiger partial charge in [0.05, 0.1) is 29.0 Å². The number of piperidine rings is 1. The highest BCUT2D eigenvalue weighted by atomic mass is 19.3. The van der Waals surface area contributed by atoms with E-state index in [4.69, 9.17) is 4.74 Å². The van der Waals surface area contributed by atoms with Gasteiger partial charge in [-0.2, -0.15) is 10.1 Å². The van der Waals surface area contributed by atoms with Gasteiger partial charge in [-0.25, -0.2) is 18.4 Å². The van der Waals surface area contributed by atoms with Crippen molar-refractivity contribution in [3.05, 3.63) is 52.0 Å². The number of benzene rings is 1. The van der Waals surface area contributed by atoms with Crippen LogP contribution in [0.3, 0.4) is 0 Å². The van der Waals surface area contributed by atoms with Crippen molar-refractivity contribution in [3.63, 3.8) is 0 Å². The van der Waals surface area contributed by atoms with Gasteiger partial charge in [0, 0.05) is 56.5 Å². The van der Waals surface area contributed by atoms with Gasteiger partial charge in [0.15, 0.2) is 12.1 Å². The number of aryl methyl sites for hydroxylation is 1. The number of methoxy groups -OCH3 is 1. The summed E-state index contributed by atoms with van der Waals surface area (Å²) < 4.78 is 34.0. The van der Waals surface area contributed by atoms with Gasteiger partial charge in [0.1, 0.15) is 11.4 Å². The minimum Gasteiger partial charge on any atom is -0.494 e. The summed E-state index contributed by atoms with van der Waals surface area (Å²) in [5.74, 6) is -2.05. The van der Waals surface area contributed by atoms with Crippen molar-refractivity contribution >= 4 is 29.3 Å². The van der Waals surface area contributed by atoms with Crippen LogP contribution in [0.1, 0.15) is 28.9 Å². The van der Waals surface area contributed by atoms with Crippen molar-refractivity contribution in [1.82, 2.24) is 19.7 Å². The Balaban J connectivity index is 1.66. The maximum absolute atomic E-state index is 13.6. The average molecular weight is 473 g/mol. The third-order valence-electron chi connectivity index (χ3n) is 5.51. The predicted octanol–water partition coefficient (Wildman–Crippen LogP) is 3.68. The van der Waals surface area contributed by atoms with E-state index in [-0.39, 0.29) is 54.7 Å². The number of anilines is 3. The molecule has 3 heterocycles. The van der Waals surface area contributed by atoms with Crippen molar-refractivity contribution in [2.75, 3.05) is 30.4 Å². The van der Waals surface area contributed by atoms with Gasteiger partial charge >= 0.3 is 0 Å². The topological polar surface area (TPSA) is 128 Å². The molecule has 13 heteroatoms. The van der Waals surface area contributed by atoms with E-state index in [2.05, 4.69) is 20.4 Å². The number of rotatable bonds is 7. The second-order valence-corrected chi connectivity index (χ2v) is 7.74. The lowest BCUT2D eigenvalue weighted by Gasteiger charge is -2.33. The first-order chi connectivity index (χ1) is 16.2. The molecule has 3 aromatic rings. The second-order valence-electron chi connectivity index (χ2n) is 7.74. The Morgan fingerprint density at radius 2 is 2.03 bits per heavy atom. The molecule has 0 aliphatic carbocycles. The summed E-state index contributed by atoms with van der Waals surface area (Å²) in [6, 6.07) is 4.29. The third-order valence-corrected chi connectivity index (χ3v) is 5.51. The number of alkyl halides is 2. The number of aromatic nitrogens is 4. The molecule has 34 heavy (non-hydrogen) atoms. The average Bonchev–Trinajstić information content (AvgIpc) is 3.20. The van der Waals surface area contributed by atoms with Crippen LogP contribution in [-0.4, -0.2) is 57.1 Å². The van der Waals surface area contributed by atoms with E-state index in [1.807, 2.05) is 0 Å². The molecular formula is C21H21F2N7O4. The van der Waals surface area contributed by atoms with Crippen LogP contribution in [0.15, 0.2) is 30.6 Å². The SMILES string of the molecule is COc1cc(N2CCC(F)(F)CC2)c([N+](=O)[O-])cc1Nc1nccc(-n2cc(C=O)c(C)n2)n1. The lowest BCUT2D eigenvalue weighted by Crippen LogP contribution is -2.39. The molecule has 1 N–H and O–H groups in total. The number of ether oxygens (including phenoxy) is 1. The molecule has 0 amide bonds. The van der Waals surface area contributed by atoms with Crippen LogP contribution in [-0.2, 0) is 0 Å². The van der Waals surface area contributed by atoms with Crippen molar-refractivity contribution in [1.29, 1.82) is 0 Å². The van der Waals surface area contributed by atoms with Crippen molar-refractivity contribution in [2.24, 2.45) is 0 Å². The molecule has 4 rings (SSSR count). The van der Waals surface area contributed by atoms with Gasteiger partial charge in [0.25, 0.3) is 11.6 Å². The van der Waals surface area contributed by atoms with Crippen LogP contribution in [0, 0.1) is 17.0 Å². The molecule has 1 aromatic carbocycles. The van der Waals surface area contributed by atoms with E-state index in [9.17, 15) is 23.7 Å². The Hall–Kier alpha value is -4.16. The summed E-state index contributed by atoms with van der Waals surface area (Å²) >= 11 is 0. The molecule has 2 aromatic heterocycles. The molecule has 0 unspecified atom stereocenters. The number of nitro benzene ring substituents is 1. The lowest BCUT2D eigenvalue weighted by molar-refractivity contribution is -0.384. The fourth-order valence-corrected chi connectivity index (χ4v) is 3.66. The normalized spacial score (nSPS) is 15.1. The zero-order valence-corrected chi connectivity index (χ0v) is 18.4. The number of nitrogens with one attached hydrogen (secondary N) is 1. The Labute approximate surface area is 192 Å². The molecule has 11 nitrogen and oxygen atoms in total. The second kappa shape index (κ2) is 9.00. The fraction of sp³-hybridized carbons (Fsp3) is 0.333. The molecule has 1 fully saturated rings. The van der Waals surface area contributed by atoms with Gasteiger partial charge in [-0.1, -0.05) is 0 Å². The molecule has 0 atom stereocenters. The lowest BCUT2D eigenvalue weighted by atomic mass is 10.1. The number of carbonyl (C=O) groups is 1. The van der Waals surface area contributed by atoms with E-state index in [1.54, 1.807) is 17.9 Å². The monoisotopic (exact) mass is 473 g/mol. The van der Waals surface area contributed by atoms with Crippen LogP contribution in [0.5, 0.6) is 5.75 Å². The van der Waals surface area contributed by atoms with Gasteiger partial charge in [-0.15, -0.1) is 0 Å². The molecule has 0 saturated carbocycles. The highest BCUT2D eigenvalue weighted by Gasteiger charge is 2.36. The zero-order chi connectivity index (χ0) is 24.5. The number of nitrogens with zero attached hydrogens (tertiary/aromatic N) is 6. The van der Waals surface area contributed by atoms with Crippen molar-refractivity contribution < 1.29 is 23.2 Å². The maximum atomic E-state index is 13.6. The molecule has 0 radical (unpaired) electrons. The quantitative estimate of drug-likeness (QED) is 0.310. The minimum absolute atomic E-state index is 0.0129. The summed E-state index contributed by atoms with van der Waals surface area (Å²) in [7, 11) is 1.39. The van der Waals surface area contributed by atoms with Gasteiger partial charge in [-0.05, 0) is 6.92 Å². The number of nitro groups is 1. The van der Waals surface area contributed by atoms with Crippen molar-refractivity contribution in [2.45, 2.75) is 25.7 Å². The van der Waals surface area contributed by atoms with E-state index >= 15 is 0 Å². The summed E-state index contributed by atoms with van der Waals surface area (Å²) in [5.41, 5.74) is 1.11. The number of halogens is 2. The molecule has 0 bridgehead atoms. The first-order valence-corrected chi connectivity index (χ1v) is 10.3. The summed E-state index contributed by atoms with van der Waals surface area (Å²) in [5, 5.41) is 18.9. The van der Waals surface area contributed by atoms with Crippen LogP contribution in [0.25, 0.3) is 5.82 Å². The number of aldehydes is 1. The van der Waals surface area contributed by atoms with Crippen molar-refractivity contribution in [3.8, 4) is 11.6 Å². The molecule has 1 aliphatic heterocycles. The number of carbonyl (C=O) groups excluding carboxylic acids is 1. The predicted molar refractivity (Wildman–Crippen MR) is 119 cm³/mol. The third kappa shape index (κ3) is 4.63. The highest BCUT2D eigenvalue weighted by Crippen LogP contribution is 2.41. The summed E-state index contributed by atoms with van der Waals surface area (Å²) in [4.78, 5) is 32.4. The largest absolute Gasteiger partial charge is 0.494 e. The van der Waals surface area contributed by atoms with E-state index < -0.39 is 10.8 Å². The molecular weight excluding hydrogens is 452 g/mol. The van der Waals surface area contributed by atoms with Gasteiger partial charge in [-0.3, -0.25) is 14.9 Å². The van der Waals surface area contributed by atoms with Gasteiger partial charge in [0.2, 0.25) is 5.95 Å². The molecule has 1 aliphatic rings. The van der Waals surface area contributed by atoms with Crippen LogP contribution < -0.4 is 15.0 Å². The Bertz CT molecular complexity index is 1240. The first-order valence-electron chi connectivity index (χ1n) is 10.3. The van der Waals surface area contributed by atoms with E-state index in [1.165, 1.54) is 36.3 Å². The standard InChI is InChI=1S/C21H21F2N7O4/c1-13-14(12-31)11-29(27-13)19-3-6-24-20(26-19)25-15-9-17(30(32)33)16(10-18(15)34-2)28-7-4-21(22,23)5-8-28/h3,6,9-12H,4-5,7-8H2,1-2H3,(H,24,25,26).